The number of rotatable bonds is 6. The maximum absolute atomic E-state index is 14.1. The van der Waals surface area contributed by atoms with Gasteiger partial charge in [0, 0.05) is 26.3 Å². The summed E-state index contributed by atoms with van der Waals surface area (Å²) < 4.78 is 14.1. The normalized spacial score (nSPS) is 9.79. The molecular weight excluding hydrogens is 247 g/mol. The van der Waals surface area contributed by atoms with E-state index in [1.807, 2.05) is 13.0 Å². The summed E-state index contributed by atoms with van der Waals surface area (Å²) in [4.78, 5) is 17.2. The molecule has 0 bridgehead atoms. The molecular formula is C13H17FN4O. The summed E-state index contributed by atoms with van der Waals surface area (Å²) in [7, 11) is 1.54. The van der Waals surface area contributed by atoms with Gasteiger partial charge in [0.05, 0.1) is 18.1 Å². The molecule has 102 valence electrons. The molecule has 0 unspecified atom stereocenters. The number of nitrogens with one attached hydrogen (secondary N) is 1. The molecule has 0 aliphatic carbocycles. The van der Waals surface area contributed by atoms with Gasteiger partial charge in [0.25, 0.3) is 5.91 Å². The van der Waals surface area contributed by atoms with Crippen molar-refractivity contribution >= 4 is 11.7 Å². The Hall–Kier alpha value is -2.16. The summed E-state index contributed by atoms with van der Waals surface area (Å²) in [6.45, 7) is 2.82. The quantitative estimate of drug-likeness (QED) is 0.853. The molecule has 1 heterocycles. The van der Waals surface area contributed by atoms with Gasteiger partial charge < -0.3 is 10.2 Å². The van der Waals surface area contributed by atoms with E-state index in [1.54, 1.807) is 7.05 Å². The number of carbonyl (C=O) groups is 1. The van der Waals surface area contributed by atoms with Crippen molar-refractivity contribution in [2.24, 2.45) is 0 Å². The maximum atomic E-state index is 14.1. The van der Waals surface area contributed by atoms with Gasteiger partial charge in [0.15, 0.2) is 11.6 Å². The van der Waals surface area contributed by atoms with Gasteiger partial charge in [-0.2, -0.15) is 5.26 Å². The van der Waals surface area contributed by atoms with Gasteiger partial charge in [-0.3, -0.25) is 4.79 Å². The number of halogens is 1. The molecule has 0 aromatic carbocycles. The Bertz CT molecular complexity index is 484. The molecule has 0 aliphatic rings. The lowest BCUT2D eigenvalue weighted by Crippen LogP contribution is -2.28. The van der Waals surface area contributed by atoms with Crippen LogP contribution in [-0.2, 0) is 0 Å². The maximum Gasteiger partial charge on any atom is 0.256 e. The van der Waals surface area contributed by atoms with Crippen LogP contribution in [0.3, 0.4) is 0 Å². The highest BCUT2D eigenvalue weighted by molar-refractivity contribution is 5.95. The van der Waals surface area contributed by atoms with Crippen molar-refractivity contribution in [2.75, 3.05) is 25.5 Å². The molecule has 1 aromatic rings. The highest BCUT2D eigenvalue weighted by Crippen LogP contribution is 2.16. The van der Waals surface area contributed by atoms with Gasteiger partial charge >= 0.3 is 0 Å². The van der Waals surface area contributed by atoms with Crippen LogP contribution in [0.2, 0.25) is 0 Å². The van der Waals surface area contributed by atoms with Crippen molar-refractivity contribution < 1.29 is 9.18 Å². The van der Waals surface area contributed by atoms with Gasteiger partial charge in [0.2, 0.25) is 0 Å². The van der Waals surface area contributed by atoms with Crippen LogP contribution in [0.5, 0.6) is 0 Å². The topological polar surface area (TPSA) is 69.0 Å². The van der Waals surface area contributed by atoms with Crippen molar-refractivity contribution in [1.29, 1.82) is 5.26 Å². The van der Waals surface area contributed by atoms with E-state index in [4.69, 9.17) is 5.26 Å². The van der Waals surface area contributed by atoms with Crippen LogP contribution < -0.4 is 5.32 Å². The van der Waals surface area contributed by atoms with E-state index < -0.39 is 11.7 Å². The van der Waals surface area contributed by atoms with Gasteiger partial charge in [-0.1, -0.05) is 6.92 Å². The van der Waals surface area contributed by atoms with Crippen LogP contribution in [-0.4, -0.2) is 35.9 Å². The molecule has 5 nitrogen and oxygen atoms in total. The van der Waals surface area contributed by atoms with E-state index in [0.29, 0.717) is 6.54 Å². The van der Waals surface area contributed by atoms with Crippen LogP contribution >= 0.6 is 0 Å². The van der Waals surface area contributed by atoms with Crippen LogP contribution in [0.1, 0.15) is 30.1 Å². The molecule has 0 spiro atoms. The fraction of sp³-hybridized carbons (Fsp3) is 0.462. The number of anilines is 1. The summed E-state index contributed by atoms with van der Waals surface area (Å²) in [5.74, 6) is -1.01. The SMILES string of the molecule is CCCNc1nccc(C(=O)N(C)CCC#N)c1F. The number of hydrogen-bond acceptors (Lipinski definition) is 4. The first-order valence-corrected chi connectivity index (χ1v) is 6.12. The molecule has 1 N–H and O–H groups in total. The molecule has 19 heavy (non-hydrogen) atoms. The summed E-state index contributed by atoms with van der Waals surface area (Å²) in [5.41, 5.74) is -0.0333. The fourth-order valence-electron chi connectivity index (χ4n) is 1.50. The highest BCUT2D eigenvalue weighted by Gasteiger charge is 2.18. The van der Waals surface area contributed by atoms with Crippen molar-refractivity contribution in [2.45, 2.75) is 19.8 Å². The van der Waals surface area contributed by atoms with Crippen molar-refractivity contribution in [3.05, 3.63) is 23.6 Å². The molecule has 0 fully saturated rings. The fourth-order valence-corrected chi connectivity index (χ4v) is 1.50. The first kappa shape index (κ1) is 14.9. The Morgan fingerprint density at radius 1 is 1.63 bits per heavy atom. The molecule has 0 atom stereocenters. The largest absolute Gasteiger partial charge is 0.368 e. The van der Waals surface area contributed by atoms with Crippen LogP contribution in [0, 0.1) is 17.1 Å². The minimum atomic E-state index is -0.648. The third kappa shape index (κ3) is 3.91. The van der Waals surface area contributed by atoms with E-state index in [1.165, 1.54) is 17.2 Å². The van der Waals surface area contributed by atoms with Gasteiger partial charge in [-0.05, 0) is 12.5 Å². The third-order valence-electron chi connectivity index (χ3n) is 2.57. The lowest BCUT2D eigenvalue weighted by Gasteiger charge is -2.16. The Balaban J connectivity index is 2.88. The van der Waals surface area contributed by atoms with E-state index >= 15 is 0 Å². The van der Waals surface area contributed by atoms with Gasteiger partial charge in [-0.25, -0.2) is 9.37 Å². The minimum Gasteiger partial charge on any atom is -0.368 e. The zero-order valence-electron chi connectivity index (χ0n) is 11.1. The first-order valence-electron chi connectivity index (χ1n) is 6.12. The van der Waals surface area contributed by atoms with Crippen LogP contribution in [0.15, 0.2) is 12.3 Å². The molecule has 1 amide bonds. The smallest absolute Gasteiger partial charge is 0.256 e. The van der Waals surface area contributed by atoms with Crippen molar-refractivity contribution in [1.82, 2.24) is 9.88 Å². The van der Waals surface area contributed by atoms with Crippen LogP contribution in [0.4, 0.5) is 10.2 Å². The summed E-state index contributed by atoms with van der Waals surface area (Å²) in [6, 6.07) is 3.29. The Morgan fingerprint density at radius 3 is 3.00 bits per heavy atom. The molecule has 0 aliphatic heterocycles. The van der Waals surface area contributed by atoms with Crippen LogP contribution in [0.25, 0.3) is 0 Å². The number of nitriles is 1. The summed E-state index contributed by atoms with van der Waals surface area (Å²) in [5, 5.41) is 11.3. The molecule has 1 aromatic heterocycles. The third-order valence-corrected chi connectivity index (χ3v) is 2.57. The molecule has 0 radical (unpaired) electrons. The average Bonchev–Trinajstić information content (AvgIpc) is 2.43. The van der Waals surface area contributed by atoms with Gasteiger partial charge in [-0.15, -0.1) is 0 Å². The second-order valence-corrected chi connectivity index (χ2v) is 4.08. The number of hydrogen-bond donors (Lipinski definition) is 1. The molecule has 0 saturated carbocycles. The number of carbonyl (C=O) groups excluding carboxylic acids is 1. The second-order valence-electron chi connectivity index (χ2n) is 4.08. The zero-order valence-corrected chi connectivity index (χ0v) is 11.1. The minimum absolute atomic E-state index is 0.0333. The van der Waals surface area contributed by atoms with Gasteiger partial charge in [0.1, 0.15) is 0 Å². The second kappa shape index (κ2) is 7.31. The number of amides is 1. The van der Waals surface area contributed by atoms with E-state index in [-0.39, 0.29) is 24.3 Å². The lowest BCUT2D eigenvalue weighted by atomic mass is 10.2. The van der Waals surface area contributed by atoms with Crippen molar-refractivity contribution in [3.8, 4) is 6.07 Å². The monoisotopic (exact) mass is 264 g/mol. The number of aromatic nitrogens is 1. The lowest BCUT2D eigenvalue weighted by molar-refractivity contribution is 0.0793. The first-order chi connectivity index (χ1) is 9.11. The Kier molecular flexibility index (Phi) is 5.73. The highest BCUT2D eigenvalue weighted by atomic mass is 19.1. The van der Waals surface area contributed by atoms with E-state index in [2.05, 4.69) is 10.3 Å². The number of pyridine rings is 1. The standard InChI is InChI=1S/C13H17FN4O/c1-3-7-16-12-11(14)10(5-8-17-12)13(19)18(2)9-4-6-15/h5,8H,3-4,7,9H2,1-2H3,(H,16,17). The molecule has 1 rings (SSSR count). The summed E-state index contributed by atoms with van der Waals surface area (Å²) in [6.07, 6.45) is 2.45. The average molecular weight is 264 g/mol. The zero-order chi connectivity index (χ0) is 14.3. The number of nitrogens with zero attached hydrogens (tertiary/aromatic N) is 3. The summed E-state index contributed by atoms with van der Waals surface area (Å²) >= 11 is 0. The molecule has 6 heteroatoms. The van der Waals surface area contributed by atoms with Crippen molar-refractivity contribution in [3.63, 3.8) is 0 Å². The molecule has 0 saturated heterocycles. The van der Waals surface area contributed by atoms with E-state index in [0.717, 1.165) is 6.42 Å². The van der Waals surface area contributed by atoms with E-state index in [9.17, 15) is 9.18 Å². The predicted octanol–water partition coefficient (Wildman–Crippen LogP) is 2.03. The Labute approximate surface area is 112 Å². The predicted molar refractivity (Wildman–Crippen MR) is 70.2 cm³/mol. The Morgan fingerprint density at radius 2 is 2.37 bits per heavy atom.